The Labute approximate surface area is 106 Å². The number of carbonyl (C=O) groups excluding carboxylic acids is 1. The SMILES string of the molecule is NCC1CCN(Cc2ccc(C(N)=O)cc2F)C1. The molecule has 18 heavy (non-hydrogen) atoms. The molecule has 2 rings (SSSR count). The maximum Gasteiger partial charge on any atom is 0.248 e. The van der Waals surface area contributed by atoms with Gasteiger partial charge in [-0.15, -0.1) is 0 Å². The van der Waals surface area contributed by atoms with Crippen molar-refractivity contribution in [3.05, 3.63) is 35.1 Å². The third kappa shape index (κ3) is 2.86. The van der Waals surface area contributed by atoms with E-state index < -0.39 is 5.91 Å². The Balaban J connectivity index is 2.04. The van der Waals surface area contributed by atoms with Crippen LogP contribution >= 0.6 is 0 Å². The second-order valence-corrected chi connectivity index (χ2v) is 4.80. The number of likely N-dealkylation sites (tertiary alicyclic amines) is 1. The molecule has 4 N–H and O–H groups in total. The monoisotopic (exact) mass is 251 g/mol. The molecule has 0 saturated carbocycles. The van der Waals surface area contributed by atoms with E-state index in [9.17, 15) is 9.18 Å². The summed E-state index contributed by atoms with van der Waals surface area (Å²) in [7, 11) is 0. The van der Waals surface area contributed by atoms with Crippen molar-refractivity contribution in [3.63, 3.8) is 0 Å². The molecule has 4 nitrogen and oxygen atoms in total. The van der Waals surface area contributed by atoms with Crippen LogP contribution in [0.15, 0.2) is 18.2 Å². The van der Waals surface area contributed by atoms with Gasteiger partial charge in [0.15, 0.2) is 0 Å². The van der Waals surface area contributed by atoms with E-state index in [1.807, 2.05) is 0 Å². The molecule has 1 heterocycles. The second kappa shape index (κ2) is 5.46. The molecule has 1 fully saturated rings. The topological polar surface area (TPSA) is 72.3 Å². The minimum Gasteiger partial charge on any atom is -0.366 e. The lowest BCUT2D eigenvalue weighted by Gasteiger charge is -2.16. The molecule has 1 aromatic rings. The molecule has 1 aliphatic rings. The number of benzene rings is 1. The van der Waals surface area contributed by atoms with Gasteiger partial charge in [0.1, 0.15) is 5.82 Å². The summed E-state index contributed by atoms with van der Waals surface area (Å²) < 4.78 is 13.8. The lowest BCUT2D eigenvalue weighted by atomic mass is 10.1. The highest BCUT2D eigenvalue weighted by molar-refractivity contribution is 5.92. The fourth-order valence-corrected chi connectivity index (χ4v) is 2.32. The van der Waals surface area contributed by atoms with Gasteiger partial charge in [0.05, 0.1) is 0 Å². The van der Waals surface area contributed by atoms with Crippen molar-refractivity contribution in [3.8, 4) is 0 Å². The van der Waals surface area contributed by atoms with Gasteiger partial charge in [-0.05, 0) is 37.6 Å². The van der Waals surface area contributed by atoms with E-state index in [0.29, 0.717) is 24.6 Å². The first-order valence-electron chi connectivity index (χ1n) is 6.11. The summed E-state index contributed by atoms with van der Waals surface area (Å²) in [6.07, 6.45) is 1.07. The van der Waals surface area contributed by atoms with E-state index in [-0.39, 0.29) is 11.4 Å². The summed E-state index contributed by atoms with van der Waals surface area (Å²) in [6.45, 7) is 3.09. The van der Waals surface area contributed by atoms with Crippen LogP contribution in [0.4, 0.5) is 4.39 Å². The van der Waals surface area contributed by atoms with Crippen LogP contribution in [0.2, 0.25) is 0 Å². The van der Waals surface area contributed by atoms with Crippen LogP contribution in [-0.2, 0) is 6.54 Å². The van der Waals surface area contributed by atoms with E-state index >= 15 is 0 Å². The summed E-state index contributed by atoms with van der Waals surface area (Å²) in [5, 5.41) is 0. The van der Waals surface area contributed by atoms with Crippen molar-refractivity contribution < 1.29 is 9.18 Å². The van der Waals surface area contributed by atoms with Crippen LogP contribution in [0.1, 0.15) is 22.3 Å². The summed E-state index contributed by atoms with van der Waals surface area (Å²) in [5.41, 5.74) is 11.5. The number of hydrogen-bond acceptors (Lipinski definition) is 3. The lowest BCUT2D eigenvalue weighted by Crippen LogP contribution is -2.23. The molecule has 1 atom stereocenters. The van der Waals surface area contributed by atoms with Gasteiger partial charge in [-0.3, -0.25) is 9.69 Å². The van der Waals surface area contributed by atoms with E-state index in [2.05, 4.69) is 4.90 Å². The molecule has 0 bridgehead atoms. The number of nitrogens with two attached hydrogens (primary N) is 2. The van der Waals surface area contributed by atoms with Crippen LogP contribution < -0.4 is 11.5 Å². The van der Waals surface area contributed by atoms with Crippen molar-refractivity contribution in [2.45, 2.75) is 13.0 Å². The minimum absolute atomic E-state index is 0.206. The van der Waals surface area contributed by atoms with Crippen LogP contribution in [0.3, 0.4) is 0 Å². The highest BCUT2D eigenvalue weighted by Crippen LogP contribution is 2.19. The zero-order chi connectivity index (χ0) is 13.1. The summed E-state index contributed by atoms with van der Waals surface area (Å²) in [5.74, 6) is -0.467. The zero-order valence-electron chi connectivity index (χ0n) is 10.2. The van der Waals surface area contributed by atoms with Crippen LogP contribution in [-0.4, -0.2) is 30.4 Å². The Morgan fingerprint density at radius 2 is 2.28 bits per heavy atom. The molecule has 1 aliphatic heterocycles. The molecular weight excluding hydrogens is 233 g/mol. The number of nitrogens with zero attached hydrogens (tertiary/aromatic N) is 1. The Kier molecular flexibility index (Phi) is 3.93. The first kappa shape index (κ1) is 13.0. The minimum atomic E-state index is -0.607. The smallest absolute Gasteiger partial charge is 0.248 e. The normalized spacial score (nSPS) is 20.2. The molecule has 5 heteroatoms. The van der Waals surface area contributed by atoms with Gasteiger partial charge in [-0.2, -0.15) is 0 Å². The lowest BCUT2D eigenvalue weighted by molar-refractivity contribution is 0.1000. The van der Waals surface area contributed by atoms with E-state index in [0.717, 1.165) is 19.5 Å². The van der Waals surface area contributed by atoms with E-state index in [1.54, 1.807) is 12.1 Å². The third-order valence-corrected chi connectivity index (χ3v) is 3.43. The Morgan fingerprint density at radius 1 is 1.50 bits per heavy atom. The third-order valence-electron chi connectivity index (χ3n) is 3.43. The molecule has 0 aromatic heterocycles. The number of halogens is 1. The quantitative estimate of drug-likeness (QED) is 0.827. The highest BCUT2D eigenvalue weighted by atomic mass is 19.1. The van der Waals surface area contributed by atoms with Gasteiger partial charge in [0.25, 0.3) is 0 Å². The molecule has 0 radical (unpaired) electrons. The Hall–Kier alpha value is -1.46. The van der Waals surface area contributed by atoms with E-state index in [4.69, 9.17) is 11.5 Å². The van der Waals surface area contributed by atoms with E-state index in [1.165, 1.54) is 6.07 Å². The predicted molar refractivity (Wildman–Crippen MR) is 67.4 cm³/mol. The number of amides is 1. The molecule has 98 valence electrons. The van der Waals surface area contributed by atoms with Gasteiger partial charge in [-0.25, -0.2) is 4.39 Å². The van der Waals surface area contributed by atoms with Crippen molar-refractivity contribution in [1.29, 1.82) is 0 Å². The molecule has 1 unspecified atom stereocenters. The number of primary amides is 1. The number of carbonyl (C=O) groups is 1. The molecule has 1 aromatic carbocycles. The molecule has 0 spiro atoms. The van der Waals surface area contributed by atoms with Gasteiger partial charge >= 0.3 is 0 Å². The van der Waals surface area contributed by atoms with Gasteiger partial charge < -0.3 is 11.5 Å². The van der Waals surface area contributed by atoms with Gasteiger partial charge in [0.2, 0.25) is 5.91 Å². The maximum absolute atomic E-state index is 13.8. The van der Waals surface area contributed by atoms with Gasteiger partial charge in [-0.1, -0.05) is 6.07 Å². The fraction of sp³-hybridized carbons (Fsp3) is 0.462. The first-order valence-corrected chi connectivity index (χ1v) is 6.11. The van der Waals surface area contributed by atoms with Crippen LogP contribution in [0.5, 0.6) is 0 Å². The second-order valence-electron chi connectivity index (χ2n) is 4.80. The van der Waals surface area contributed by atoms with Crippen molar-refractivity contribution in [1.82, 2.24) is 4.90 Å². The fourth-order valence-electron chi connectivity index (χ4n) is 2.32. The van der Waals surface area contributed by atoms with Crippen LogP contribution in [0.25, 0.3) is 0 Å². The molecule has 1 amide bonds. The zero-order valence-corrected chi connectivity index (χ0v) is 10.2. The van der Waals surface area contributed by atoms with Crippen molar-refractivity contribution in [2.24, 2.45) is 17.4 Å². The molecule has 1 saturated heterocycles. The highest BCUT2D eigenvalue weighted by Gasteiger charge is 2.22. The number of hydrogen-bond donors (Lipinski definition) is 2. The van der Waals surface area contributed by atoms with Crippen LogP contribution in [0, 0.1) is 11.7 Å². The summed E-state index contributed by atoms with van der Waals surface area (Å²) in [4.78, 5) is 13.1. The molecule has 0 aliphatic carbocycles. The summed E-state index contributed by atoms with van der Waals surface area (Å²) >= 11 is 0. The largest absolute Gasteiger partial charge is 0.366 e. The van der Waals surface area contributed by atoms with Crippen molar-refractivity contribution >= 4 is 5.91 Å². The standard InChI is InChI=1S/C13H18FN3O/c14-12-5-10(13(16)18)1-2-11(12)8-17-4-3-9(6-15)7-17/h1-2,5,9H,3-4,6-8,15H2,(H2,16,18). The Bertz CT molecular complexity index is 450. The predicted octanol–water partition coefficient (Wildman–Crippen LogP) is 0.705. The summed E-state index contributed by atoms with van der Waals surface area (Å²) in [6, 6.07) is 4.40. The molecular formula is C13H18FN3O. The first-order chi connectivity index (χ1) is 8.60. The average Bonchev–Trinajstić information content (AvgIpc) is 2.79. The maximum atomic E-state index is 13.8. The van der Waals surface area contributed by atoms with Gasteiger partial charge in [0, 0.05) is 24.2 Å². The average molecular weight is 251 g/mol. The number of rotatable bonds is 4. The Morgan fingerprint density at radius 3 is 2.83 bits per heavy atom. The van der Waals surface area contributed by atoms with Crippen molar-refractivity contribution in [2.75, 3.05) is 19.6 Å².